The molecule has 1 unspecified atom stereocenters. The molecule has 0 aliphatic carbocycles. The molecule has 1 amide bonds. The number of aryl methyl sites for hydroxylation is 2. The molecule has 15 heteroatoms. The van der Waals surface area contributed by atoms with Crippen molar-refractivity contribution in [3.05, 3.63) is 115 Å². The van der Waals surface area contributed by atoms with E-state index in [1.807, 2.05) is 58.9 Å². The van der Waals surface area contributed by atoms with Crippen molar-refractivity contribution in [2.24, 2.45) is 5.92 Å². The van der Waals surface area contributed by atoms with Gasteiger partial charge in [-0.25, -0.2) is 29.0 Å². The van der Waals surface area contributed by atoms with Crippen LogP contribution in [0.5, 0.6) is 17.2 Å². The number of H-pyrrole nitrogens is 1. The van der Waals surface area contributed by atoms with E-state index in [0.29, 0.717) is 64.7 Å². The summed E-state index contributed by atoms with van der Waals surface area (Å²) >= 11 is 0. The number of piperidine rings is 1. The first-order chi connectivity index (χ1) is 29.9. The fourth-order valence-corrected chi connectivity index (χ4v) is 8.91. The van der Waals surface area contributed by atoms with Gasteiger partial charge in [0.1, 0.15) is 23.9 Å². The first-order valence-electron chi connectivity index (χ1n) is 21.3. The van der Waals surface area contributed by atoms with Crippen molar-refractivity contribution in [1.29, 1.82) is 0 Å². The number of aromatic nitrogens is 5. The smallest absolute Gasteiger partial charge is 0.410 e. The number of ether oxygens (including phenoxy) is 2. The zero-order valence-electron chi connectivity index (χ0n) is 35.4. The van der Waals surface area contributed by atoms with Gasteiger partial charge in [0.05, 0.1) is 40.3 Å². The largest absolute Gasteiger partial charge is 0.508 e. The number of rotatable bonds is 8. The number of fused-ring (bicyclic) bond motifs is 5. The van der Waals surface area contributed by atoms with Gasteiger partial charge in [0.2, 0.25) is 6.10 Å². The third-order valence-electron chi connectivity index (χ3n) is 12.2. The summed E-state index contributed by atoms with van der Waals surface area (Å²) in [6, 6.07) is 17.2. The lowest BCUT2D eigenvalue weighted by atomic mass is 9.90. The lowest BCUT2D eigenvalue weighted by Gasteiger charge is -2.33. The molecule has 3 aliphatic heterocycles. The molecule has 3 aromatic heterocycles. The van der Waals surface area contributed by atoms with Crippen molar-refractivity contribution >= 4 is 23.0 Å². The molecule has 1 saturated heterocycles. The maximum absolute atomic E-state index is 13.9. The van der Waals surface area contributed by atoms with E-state index in [4.69, 9.17) is 14.5 Å². The third kappa shape index (κ3) is 7.45. The van der Waals surface area contributed by atoms with Crippen LogP contribution in [0.2, 0.25) is 0 Å². The number of carbonyl (C=O) groups is 2. The number of phenolic OH excluding ortho intramolecular Hbond substituents is 3. The Morgan fingerprint density at radius 2 is 1.69 bits per heavy atom. The van der Waals surface area contributed by atoms with Crippen LogP contribution in [-0.4, -0.2) is 69.7 Å². The van der Waals surface area contributed by atoms with Crippen molar-refractivity contribution in [2.75, 3.05) is 13.1 Å². The highest BCUT2D eigenvalue weighted by Crippen LogP contribution is 2.40. The van der Waals surface area contributed by atoms with Gasteiger partial charge in [-0.15, -0.1) is 0 Å². The number of cyclic esters (lactones) is 1. The molecule has 62 heavy (non-hydrogen) atoms. The number of pyridine rings is 2. The van der Waals surface area contributed by atoms with Gasteiger partial charge >= 0.3 is 17.8 Å². The fraction of sp³-hybridized carbons (Fsp3) is 0.362. The second kappa shape index (κ2) is 16.9. The summed E-state index contributed by atoms with van der Waals surface area (Å²) in [6.45, 7) is 10.8. The number of likely N-dealkylation sites (tertiary alicyclic amines) is 1. The molecule has 0 bridgehead atoms. The highest BCUT2D eigenvalue weighted by Gasteiger charge is 2.39. The maximum Gasteiger partial charge on any atom is 0.410 e. The van der Waals surface area contributed by atoms with E-state index in [-0.39, 0.29) is 53.3 Å². The fourth-order valence-electron chi connectivity index (χ4n) is 8.91. The van der Waals surface area contributed by atoms with Crippen LogP contribution in [-0.2, 0) is 40.3 Å². The number of aromatic hydroxyl groups is 3. The molecular formula is C47H50N6O9. The maximum atomic E-state index is 13.9. The standard InChI is InChI=1S/C45H44N6O9.C2H6/c1-4-28-30-17-27(52)11-12-35(30)46-39-33(28)21-50-36(39)19-31-34(42(50)55)22-59-43(56)40(31)60-45(58)49-15-13-25(14-16-49)6-5-24-7-9-26(10-8-24)51-41(47-48-44(51)57)32-18-29(23(2)3)37(53)20-38(32)54;1-2/h7-12,17-20,23,25,40,52-54H,4-6,13-16,21-22H2,1-3H3,(H,48,57);1-2H3. The average molecular weight is 843 g/mol. The molecule has 1 fully saturated rings. The van der Waals surface area contributed by atoms with Gasteiger partial charge in [-0.1, -0.05) is 46.8 Å². The Labute approximate surface area is 357 Å². The average Bonchev–Trinajstić information content (AvgIpc) is 3.84. The predicted octanol–water partition coefficient (Wildman–Crippen LogP) is 7.37. The van der Waals surface area contributed by atoms with Crippen LogP contribution in [0.3, 0.4) is 0 Å². The van der Waals surface area contributed by atoms with E-state index < -0.39 is 23.9 Å². The first-order valence-corrected chi connectivity index (χ1v) is 21.3. The number of esters is 1. The number of benzene rings is 3. The second-order valence-electron chi connectivity index (χ2n) is 16.1. The van der Waals surface area contributed by atoms with Crippen molar-refractivity contribution in [1.82, 2.24) is 29.2 Å². The number of hydrogen-bond donors (Lipinski definition) is 4. The van der Waals surface area contributed by atoms with Gasteiger partial charge < -0.3 is 34.3 Å². The lowest BCUT2D eigenvalue weighted by molar-refractivity contribution is -0.158. The molecule has 0 spiro atoms. The van der Waals surface area contributed by atoms with Gasteiger partial charge in [-0.2, -0.15) is 5.10 Å². The monoisotopic (exact) mass is 842 g/mol. The number of carbonyl (C=O) groups excluding carboxylic acids is 2. The highest BCUT2D eigenvalue weighted by molar-refractivity contribution is 5.89. The van der Waals surface area contributed by atoms with E-state index in [9.17, 15) is 34.5 Å². The second-order valence-corrected chi connectivity index (χ2v) is 16.1. The first kappa shape index (κ1) is 41.8. The van der Waals surface area contributed by atoms with E-state index in [1.165, 1.54) is 10.6 Å². The van der Waals surface area contributed by atoms with Crippen molar-refractivity contribution in [3.63, 3.8) is 0 Å². The van der Waals surface area contributed by atoms with Crippen LogP contribution in [0, 0.1) is 5.92 Å². The van der Waals surface area contributed by atoms with E-state index in [2.05, 4.69) is 10.2 Å². The number of hydrogen-bond acceptors (Lipinski definition) is 11. The van der Waals surface area contributed by atoms with Crippen LogP contribution in [0.15, 0.2) is 70.3 Å². The van der Waals surface area contributed by atoms with Gasteiger partial charge in [-0.05, 0) is 103 Å². The Balaban J connectivity index is 0.00000261. The Bertz CT molecular complexity index is 2830. The Morgan fingerprint density at radius 3 is 2.40 bits per heavy atom. The highest BCUT2D eigenvalue weighted by atomic mass is 16.6. The molecule has 9 rings (SSSR count). The van der Waals surface area contributed by atoms with E-state index >= 15 is 0 Å². The number of aromatic amines is 1. The topological polar surface area (TPSA) is 202 Å². The van der Waals surface area contributed by atoms with Gasteiger partial charge in [0, 0.05) is 35.7 Å². The summed E-state index contributed by atoms with van der Waals surface area (Å²) < 4.78 is 14.2. The molecule has 3 aromatic carbocycles. The van der Waals surface area contributed by atoms with Crippen LogP contribution in [0.4, 0.5) is 4.79 Å². The molecule has 1 atom stereocenters. The molecule has 4 N–H and O–H groups in total. The molecule has 0 saturated carbocycles. The Kier molecular flexibility index (Phi) is 11.4. The SMILES string of the molecule is CC.CCc1c2c(nc3ccc(O)cc13)-c1cc3c(c(=O)n1C2)COC(=O)C3OC(=O)N1CCC(CCc2ccc(-n3c(-c4cc(C(C)C)c(O)cc4O)n[nH]c3=O)cc2)CC1. The lowest BCUT2D eigenvalue weighted by Crippen LogP contribution is -2.41. The Morgan fingerprint density at radius 1 is 0.952 bits per heavy atom. The minimum atomic E-state index is -1.40. The van der Waals surface area contributed by atoms with Crippen molar-refractivity contribution < 1.29 is 34.4 Å². The molecule has 15 nitrogen and oxygen atoms in total. The van der Waals surface area contributed by atoms with Crippen molar-refractivity contribution in [3.8, 4) is 45.7 Å². The normalized spacial score (nSPS) is 15.7. The molecule has 0 radical (unpaired) electrons. The Hall–Kier alpha value is -6.90. The number of phenols is 3. The zero-order valence-corrected chi connectivity index (χ0v) is 35.4. The minimum Gasteiger partial charge on any atom is -0.508 e. The summed E-state index contributed by atoms with van der Waals surface area (Å²) in [4.78, 5) is 59.9. The third-order valence-corrected chi connectivity index (χ3v) is 12.2. The number of nitrogens with one attached hydrogen (secondary N) is 1. The summed E-state index contributed by atoms with van der Waals surface area (Å²) in [5.74, 6) is -0.275. The van der Waals surface area contributed by atoms with E-state index in [1.54, 1.807) is 39.8 Å². The van der Waals surface area contributed by atoms with Crippen LogP contribution < -0.4 is 11.2 Å². The summed E-state index contributed by atoms with van der Waals surface area (Å²) in [5, 5.41) is 38.6. The quantitative estimate of drug-likeness (QED) is 0.111. The van der Waals surface area contributed by atoms with Crippen LogP contribution in [0.1, 0.15) is 99.3 Å². The molecule has 6 heterocycles. The predicted molar refractivity (Wildman–Crippen MR) is 232 cm³/mol. The van der Waals surface area contributed by atoms with Gasteiger partial charge in [-0.3, -0.25) is 4.79 Å². The van der Waals surface area contributed by atoms with Crippen LogP contribution in [0.25, 0.3) is 39.4 Å². The number of amides is 1. The zero-order chi connectivity index (χ0) is 44.0. The van der Waals surface area contributed by atoms with Gasteiger partial charge in [0.25, 0.3) is 5.56 Å². The summed E-state index contributed by atoms with van der Waals surface area (Å²) in [7, 11) is 0. The summed E-state index contributed by atoms with van der Waals surface area (Å²) in [5.41, 5.74) is 6.08. The molecule has 322 valence electrons. The summed E-state index contributed by atoms with van der Waals surface area (Å²) in [6.07, 6.45) is 1.75. The number of nitrogens with zero attached hydrogens (tertiary/aromatic N) is 5. The van der Waals surface area contributed by atoms with E-state index in [0.717, 1.165) is 47.8 Å². The molecule has 6 aromatic rings. The minimum absolute atomic E-state index is 0.0213. The van der Waals surface area contributed by atoms with Crippen LogP contribution >= 0.6 is 0 Å². The molecular weight excluding hydrogens is 793 g/mol. The molecule has 3 aliphatic rings. The van der Waals surface area contributed by atoms with Crippen molar-refractivity contribution in [2.45, 2.75) is 91.9 Å². The van der Waals surface area contributed by atoms with Gasteiger partial charge in [0.15, 0.2) is 5.82 Å².